The molecule has 0 spiro atoms. The van der Waals surface area contributed by atoms with Gasteiger partial charge in [0.2, 0.25) is 0 Å². The van der Waals surface area contributed by atoms with E-state index in [1.54, 1.807) is 0 Å². The summed E-state index contributed by atoms with van der Waals surface area (Å²) in [5.41, 5.74) is 1.17. The van der Waals surface area contributed by atoms with Gasteiger partial charge in [0.25, 0.3) is 0 Å². The van der Waals surface area contributed by atoms with Gasteiger partial charge in [0.15, 0.2) is 5.96 Å². The van der Waals surface area contributed by atoms with Crippen molar-refractivity contribution in [3.63, 3.8) is 0 Å². The molecule has 1 aromatic rings. The zero-order valence-electron chi connectivity index (χ0n) is 13.3. The summed E-state index contributed by atoms with van der Waals surface area (Å²) in [5, 5.41) is 3.40. The number of aromatic nitrogens is 1. The van der Waals surface area contributed by atoms with Crippen LogP contribution in [0.1, 0.15) is 25.3 Å². The number of rotatable bonds is 6. The number of anilines is 1. The molecular formula is C15H27N5. The van der Waals surface area contributed by atoms with E-state index in [-0.39, 0.29) is 0 Å². The van der Waals surface area contributed by atoms with Gasteiger partial charge >= 0.3 is 0 Å². The Bertz CT molecular complexity index is 428. The maximum Gasteiger partial charge on any atom is 0.193 e. The van der Waals surface area contributed by atoms with Gasteiger partial charge in [-0.25, -0.2) is 4.98 Å². The van der Waals surface area contributed by atoms with Gasteiger partial charge < -0.3 is 15.1 Å². The van der Waals surface area contributed by atoms with Crippen molar-refractivity contribution in [3.8, 4) is 0 Å². The molecule has 0 radical (unpaired) electrons. The number of aliphatic imine (C=N–C) groups is 1. The lowest BCUT2D eigenvalue weighted by Gasteiger charge is -2.23. The second-order valence-corrected chi connectivity index (χ2v) is 5.06. The van der Waals surface area contributed by atoms with E-state index in [1.807, 2.05) is 38.3 Å². The van der Waals surface area contributed by atoms with Gasteiger partial charge in [0.1, 0.15) is 5.82 Å². The Balaban J connectivity index is 2.65. The van der Waals surface area contributed by atoms with Crippen LogP contribution in [0.5, 0.6) is 0 Å². The Kier molecular flexibility index (Phi) is 6.84. The maximum absolute atomic E-state index is 4.41. The van der Waals surface area contributed by atoms with Crippen molar-refractivity contribution in [1.82, 2.24) is 15.2 Å². The largest absolute Gasteiger partial charge is 0.362 e. The average Bonchev–Trinajstić information content (AvgIpc) is 2.45. The number of guanidine groups is 1. The Morgan fingerprint density at radius 1 is 1.35 bits per heavy atom. The fourth-order valence-corrected chi connectivity index (χ4v) is 2.03. The fourth-order valence-electron chi connectivity index (χ4n) is 2.03. The highest BCUT2D eigenvalue weighted by Crippen LogP contribution is 2.13. The molecule has 0 aliphatic carbocycles. The summed E-state index contributed by atoms with van der Waals surface area (Å²) in [6.07, 6.45) is 4.18. The minimum absolute atomic E-state index is 0.727. The average molecular weight is 277 g/mol. The van der Waals surface area contributed by atoms with Crippen LogP contribution in [0.25, 0.3) is 0 Å². The summed E-state index contributed by atoms with van der Waals surface area (Å²) < 4.78 is 0. The van der Waals surface area contributed by atoms with Crippen LogP contribution >= 0.6 is 0 Å². The fraction of sp³-hybridized carbons (Fsp3) is 0.600. The first-order chi connectivity index (χ1) is 9.60. The second kappa shape index (κ2) is 8.40. The lowest BCUT2D eigenvalue weighted by molar-refractivity contribution is 0.464. The number of hydrogen-bond acceptors (Lipinski definition) is 3. The first-order valence-corrected chi connectivity index (χ1v) is 7.13. The van der Waals surface area contributed by atoms with Gasteiger partial charge in [0, 0.05) is 53.0 Å². The molecular weight excluding hydrogens is 250 g/mol. The van der Waals surface area contributed by atoms with Crippen LogP contribution in [0.2, 0.25) is 0 Å². The van der Waals surface area contributed by atoms with Crippen molar-refractivity contribution in [3.05, 3.63) is 23.9 Å². The highest BCUT2D eigenvalue weighted by molar-refractivity contribution is 5.79. The highest BCUT2D eigenvalue weighted by atomic mass is 15.3. The normalized spacial score (nSPS) is 11.3. The molecule has 0 atom stereocenters. The molecule has 0 fully saturated rings. The number of hydrogen-bond donors (Lipinski definition) is 1. The van der Waals surface area contributed by atoms with Crippen molar-refractivity contribution in [2.24, 2.45) is 4.99 Å². The number of unbranched alkanes of at least 4 members (excludes halogenated alkanes) is 1. The summed E-state index contributed by atoms with van der Waals surface area (Å²) in [4.78, 5) is 12.9. The summed E-state index contributed by atoms with van der Waals surface area (Å²) in [6, 6.07) is 4.06. The molecule has 0 bridgehead atoms. The maximum atomic E-state index is 4.41. The predicted octanol–water partition coefficient (Wildman–Crippen LogP) is 1.95. The lowest BCUT2D eigenvalue weighted by atomic mass is 10.2. The topological polar surface area (TPSA) is 43.8 Å². The zero-order chi connectivity index (χ0) is 15.0. The zero-order valence-corrected chi connectivity index (χ0v) is 13.3. The van der Waals surface area contributed by atoms with Crippen LogP contribution in [0.4, 0.5) is 5.82 Å². The molecule has 0 aliphatic heterocycles. The van der Waals surface area contributed by atoms with E-state index in [1.165, 1.54) is 18.4 Å². The molecule has 1 rings (SSSR count). The molecule has 1 heterocycles. The minimum Gasteiger partial charge on any atom is -0.362 e. The van der Waals surface area contributed by atoms with Gasteiger partial charge in [-0.1, -0.05) is 19.4 Å². The molecule has 0 unspecified atom stereocenters. The van der Waals surface area contributed by atoms with E-state index < -0.39 is 0 Å². The van der Waals surface area contributed by atoms with E-state index in [9.17, 15) is 0 Å². The number of pyridine rings is 1. The van der Waals surface area contributed by atoms with Crippen LogP contribution < -0.4 is 10.2 Å². The minimum atomic E-state index is 0.727. The van der Waals surface area contributed by atoms with Gasteiger partial charge in [-0.15, -0.1) is 0 Å². The molecule has 112 valence electrons. The van der Waals surface area contributed by atoms with Gasteiger partial charge in [-0.05, 0) is 12.5 Å². The van der Waals surface area contributed by atoms with Gasteiger partial charge in [-0.2, -0.15) is 0 Å². The van der Waals surface area contributed by atoms with Crippen molar-refractivity contribution in [2.45, 2.75) is 26.3 Å². The highest BCUT2D eigenvalue weighted by Gasteiger charge is 2.08. The number of nitrogens with zero attached hydrogens (tertiary/aromatic N) is 4. The quantitative estimate of drug-likeness (QED) is 0.637. The third-order valence-electron chi connectivity index (χ3n) is 3.15. The Morgan fingerprint density at radius 2 is 2.10 bits per heavy atom. The van der Waals surface area contributed by atoms with Gasteiger partial charge in [0.05, 0.1) is 0 Å². The molecule has 0 aliphatic rings. The monoisotopic (exact) mass is 277 g/mol. The predicted molar refractivity (Wildman–Crippen MR) is 86.3 cm³/mol. The van der Waals surface area contributed by atoms with Crippen LogP contribution in [0.15, 0.2) is 23.3 Å². The molecule has 5 heteroatoms. The molecule has 20 heavy (non-hydrogen) atoms. The van der Waals surface area contributed by atoms with Crippen LogP contribution in [-0.2, 0) is 6.54 Å². The third kappa shape index (κ3) is 4.72. The van der Waals surface area contributed by atoms with E-state index in [4.69, 9.17) is 0 Å². The molecule has 0 saturated heterocycles. The Hall–Kier alpha value is -1.78. The molecule has 5 nitrogen and oxygen atoms in total. The van der Waals surface area contributed by atoms with E-state index >= 15 is 0 Å². The van der Waals surface area contributed by atoms with Crippen LogP contribution in [-0.4, -0.2) is 50.6 Å². The van der Waals surface area contributed by atoms with Crippen molar-refractivity contribution < 1.29 is 0 Å². The molecule has 0 amide bonds. The SMILES string of the molecule is CCCCN(C)C(=NC)NCc1cccnc1N(C)C. The second-order valence-electron chi connectivity index (χ2n) is 5.06. The van der Waals surface area contributed by atoms with Gasteiger partial charge in [-0.3, -0.25) is 4.99 Å². The van der Waals surface area contributed by atoms with Crippen molar-refractivity contribution in [1.29, 1.82) is 0 Å². The summed E-state index contributed by atoms with van der Waals surface area (Å²) in [5.74, 6) is 1.92. The molecule has 1 aromatic heterocycles. The summed E-state index contributed by atoms with van der Waals surface area (Å²) in [6.45, 7) is 3.94. The van der Waals surface area contributed by atoms with Crippen molar-refractivity contribution in [2.75, 3.05) is 39.6 Å². The lowest BCUT2D eigenvalue weighted by Crippen LogP contribution is -2.39. The van der Waals surface area contributed by atoms with E-state index in [2.05, 4.69) is 40.2 Å². The third-order valence-corrected chi connectivity index (χ3v) is 3.15. The number of nitrogens with one attached hydrogen (secondary N) is 1. The Labute approximate surface area is 122 Å². The standard InChI is InChI=1S/C15H27N5/c1-6-7-11-20(5)15(16-2)18-12-13-9-8-10-17-14(13)19(3)4/h8-10H,6-7,11-12H2,1-5H3,(H,16,18). The van der Waals surface area contributed by atoms with Crippen molar-refractivity contribution >= 4 is 11.8 Å². The van der Waals surface area contributed by atoms with Crippen LogP contribution in [0, 0.1) is 0 Å². The molecule has 0 aromatic carbocycles. The summed E-state index contributed by atoms with van der Waals surface area (Å²) in [7, 11) is 7.91. The molecule has 0 saturated carbocycles. The first-order valence-electron chi connectivity index (χ1n) is 7.13. The smallest absolute Gasteiger partial charge is 0.193 e. The Morgan fingerprint density at radius 3 is 2.70 bits per heavy atom. The summed E-state index contributed by atoms with van der Waals surface area (Å²) >= 11 is 0. The molecule has 1 N–H and O–H groups in total. The van der Waals surface area contributed by atoms with E-state index in [0.717, 1.165) is 24.9 Å². The van der Waals surface area contributed by atoms with E-state index in [0.29, 0.717) is 0 Å². The van der Waals surface area contributed by atoms with Crippen LogP contribution in [0.3, 0.4) is 0 Å². The first kappa shape index (κ1) is 16.3.